The molecule has 1 aliphatic heterocycles. The van der Waals surface area contributed by atoms with Crippen molar-refractivity contribution in [3.8, 4) is 0 Å². The van der Waals surface area contributed by atoms with E-state index in [1.54, 1.807) is 0 Å². The Bertz CT molecular complexity index is 964. The van der Waals surface area contributed by atoms with Gasteiger partial charge in [-0.25, -0.2) is 4.98 Å². The fraction of sp³-hybridized carbons (Fsp3) is 0.421. The van der Waals surface area contributed by atoms with E-state index in [0.29, 0.717) is 17.4 Å². The maximum Gasteiger partial charge on any atom is 0.433 e. The summed E-state index contributed by atoms with van der Waals surface area (Å²) in [5, 5.41) is 15.1. The van der Waals surface area contributed by atoms with E-state index in [1.807, 2.05) is 29.7 Å². The van der Waals surface area contributed by atoms with E-state index in [2.05, 4.69) is 10.3 Å². The van der Waals surface area contributed by atoms with Gasteiger partial charge in [0.05, 0.1) is 23.9 Å². The number of aliphatic hydroxyl groups is 1. The number of nitrogens with zero attached hydrogens (tertiary/aromatic N) is 2. The Hall–Kier alpha value is -2.12. The summed E-state index contributed by atoms with van der Waals surface area (Å²) in [6, 6.07) is 6.68. The molecule has 1 fully saturated rings. The molecule has 0 aliphatic carbocycles. The van der Waals surface area contributed by atoms with E-state index in [9.17, 15) is 18.3 Å². The molecule has 7 heteroatoms. The van der Waals surface area contributed by atoms with Crippen molar-refractivity contribution in [2.24, 2.45) is 0 Å². The van der Waals surface area contributed by atoms with Gasteiger partial charge in [-0.2, -0.15) is 13.2 Å². The molecule has 0 radical (unpaired) electrons. The summed E-state index contributed by atoms with van der Waals surface area (Å²) in [7, 11) is 0. The number of pyridine rings is 1. The minimum Gasteiger partial charge on any atom is -0.390 e. The molecule has 3 heterocycles. The number of aromatic nitrogens is 2. The molecule has 26 heavy (non-hydrogen) atoms. The molecule has 0 saturated carbocycles. The summed E-state index contributed by atoms with van der Waals surface area (Å²) in [5.41, 5.74) is 1.54. The third-order valence-corrected chi connectivity index (χ3v) is 5.12. The minimum absolute atomic E-state index is 0.203. The van der Waals surface area contributed by atoms with Crippen LogP contribution in [0.25, 0.3) is 21.8 Å². The smallest absolute Gasteiger partial charge is 0.390 e. The first-order chi connectivity index (χ1) is 12.4. The van der Waals surface area contributed by atoms with Gasteiger partial charge in [0.15, 0.2) is 0 Å². The number of rotatable bonds is 1. The number of hydrogen-bond acceptors (Lipinski definition) is 3. The number of alkyl halides is 3. The van der Waals surface area contributed by atoms with E-state index in [0.717, 1.165) is 41.9 Å². The Morgan fingerprint density at radius 3 is 2.73 bits per heavy atom. The van der Waals surface area contributed by atoms with Crippen LogP contribution in [0.4, 0.5) is 13.2 Å². The Morgan fingerprint density at radius 2 is 1.96 bits per heavy atom. The van der Waals surface area contributed by atoms with Crippen LogP contribution in [0.15, 0.2) is 30.5 Å². The molecule has 0 bridgehead atoms. The highest BCUT2D eigenvalue weighted by atomic mass is 19.4. The van der Waals surface area contributed by atoms with Crippen LogP contribution < -0.4 is 5.32 Å². The van der Waals surface area contributed by atoms with Crippen LogP contribution in [0.2, 0.25) is 0 Å². The van der Waals surface area contributed by atoms with Gasteiger partial charge in [0.2, 0.25) is 0 Å². The predicted octanol–water partition coefficient (Wildman–Crippen LogP) is 3.80. The average Bonchev–Trinajstić information content (AvgIpc) is 2.74. The van der Waals surface area contributed by atoms with Crippen molar-refractivity contribution in [2.75, 3.05) is 13.1 Å². The number of halogens is 3. The molecule has 2 atom stereocenters. The van der Waals surface area contributed by atoms with Crippen LogP contribution in [-0.2, 0) is 6.18 Å². The number of benzene rings is 1. The number of β-amino-alcohol motifs (C(OH)–C–C–N with tert-alkyl or cyclic N) is 1. The van der Waals surface area contributed by atoms with Gasteiger partial charge in [0.25, 0.3) is 0 Å². The van der Waals surface area contributed by atoms with Crippen LogP contribution in [0, 0.1) is 6.92 Å². The van der Waals surface area contributed by atoms with Gasteiger partial charge in [-0.15, -0.1) is 0 Å². The SMILES string of the molecule is Cc1ccc2c(c1)c1cc(C(F)(F)F)ncc1n2[C@H]1CCCNC[C@@H]1O. The number of nitrogens with one attached hydrogen (secondary N) is 1. The van der Waals surface area contributed by atoms with E-state index in [1.165, 1.54) is 6.20 Å². The van der Waals surface area contributed by atoms with E-state index in [4.69, 9.17) is 0 Å². The van der Waals surface area contributed by atoms with Crippen molar-refractivity contribution in [3.63, 3.8) is 0 Å². The second-order valence-electron chi connectivity index (χ2n) is 6.96. The highest BCUT2D eigenvalue weighted by Crippen LogP contribution is 2.38. The summed E-state index contributed by atoms with van der Waals surface area (Å²) < 4.78 is 41.4. The van der Waals surface area contributed by atoms with Gasteiger partial charge in [-0.3, -0.25) is 0 Å². The van der Waals surface area contributed by atoms with Crippen molar-refractivity contribution in [3.05, 3.63) is 41.7 Å². The lowest BCUT2D eigenvalue weighted by atomic mass is 10.1. The zero-order chi connectivity index (χ0) is 18.5. The molecule has 1 saturated heterocycles. The summed E-state index contributed by atoms with van der Waals surface area (Å²) in [6.45, 7) is 3.20. The average molecular weight is 363 g/mol. The molecule has 1 aromatic carbocycles. The van der Waals surface area contributed by atoms with Crippen LogP contribution in [0.1, 0.15) is 30.1 Å². The molecular weight excluding hydrogens is 343 g/mol. The van der Waals surface area contributed by atoms with Gasteiger partial charge < -0.3 is 15.0 Å². The molecule has 0 amide bonds. The fourth-order valence-corrected chi connectivity index (χ4v) is 3.89. The van der Waals surface area contributed by atoms with E-state index < -0.39 is 18.0 Å². The lowest BCUT2D eigenvalue weighted by Crippen LogP contribution is -2.31. The Morgan fingerprint density at radius 1 is 1.19 bits per heavy atom. The molecule has 3 aromatic rings. The monoisotopic (exact) mass is 363 g/mol. The summed E-state index contributed by atoms with van der Waals surface area (Å²) in [5.74, 6) is 0. The molecule has 4 rings (SSSR count). The lowest BCUT2D eigenvalue weighted by molar-refractivity contribution is -0.141. The predicted molar refractivity (Wildman–Crippen MR) is 94.1 cm³/mol. The zero-order valence-electron chi connectivity index (χ0n) is 14.3. The number of aryl methyl sites for hydroxylation is 1. The molecular formula is C19H20F3N3O. The van der Waals surface area contributed by atoms with Gasteiger partial charge in [0, 0.05) is 22.8 Å². The molecule has 4 nitrogen and oxygen atoms in total. The van der Waals surface area contributed by atoms with Gasteiger partial charge in [-0.05, 0) is 44.5 Å². The van der Waals surface area contributed by atoms with Gasteiger partial charge >= 0.3 is 6.18 Å². The topological polar surface area (TPSA) is 50.1 Å². The summed E-state index contributed by atoms with van der Waals surface area (Å²) >= 11 is 0. The number of aliphatic hydroxyl groups excluding tert-OH is 1. The maximum atomic E-state index is 13.2. The first kappa shape index (κ1) is 17.3. The van der Waals surface area contributed by atoms with Crippen LogP contribution >= 0.6 is 0 Å². The van der Waals surface area contributed by atoms with Crippen LogP contribution in [0.5, 0.6) is 0 Å². The Labute approximate surface area is 148 Å². The molecule has 1 aliphatic rings. The number of hydrogen-bond donors (Lipinski definition) is 2. The highest BCUT2D eigenvalue weighted by molar-refractivity contribution is 6.08. The first-order valence-corrected chi connectivity index (χ1v) is 8.72. The lowest BCUT2D eigenvalue weighted by Gasteiger charge is -2.24. The van der Waals surface area contributed by atoms with Crippen molar-refractivity contribution < 1.29 is 18.3 Å². The number of fused-ring (bicyclic) bond motifs is 3. The minimum atomic E-state index is -4.49. The molecule has 138 valence electrons. The fourth-order valence-electron chi connectivity index (χ4n) is 3.89. The van der Waals surface area contributed by atoms with Crippen LogP contribution in [-0.4, -0.2) is 33.9 Å². The van der Waals surface area contributed by atoms with Crippen molar-refractivity contribution >= 4 is 21.8 Å². The summed E-state index contributed by atoms with van der Waals surface area (Å²) in [6.07, 6.45) is -2.17. The maximum absolute atomic E-state index is 13.2. The highest BCUT2D eigenvalue weighted by Gasteiger charge is 2.34. The molecule has 0 spiro atoms. The molecule has 2 aromatic heterocycles. The van der Waals surface area contributed by atoms with Crippen molar-refractivity contribution in [2.45, 2.75) is 38.1 Å². The summed E-state index contributed by atoms with van der Waals surface area (Å²) in [4.78, 5) is 3.66. The molecule has 0 unspecified atom stereocenters. The van der Waals surface area contributed by atoms with Gasteiger partial charge in [-0.1, -0.05) is 11.6 Å². The quantitative estimate of drug-likeness (QED) is 0.691. The van der Waals surface area contributed by atoms with E-state index in [-0.39, 0.29) is 6.04 Å². The molecule has 2 N–H and O–H groups in total. The Balaban J connectivity index is 2.01. The third kappa shape index (κ3) is 2.85. The van der Waals surface area contributed by atoms with Gasteiger partial charge in [0.1, 0.15) is 5.69 Å². The second-order valence-corrected chi connectivity index (χ2v) is 6.96. The Kier molecular flexibility index (Phi) is 4.16. The largest absolute Gasteiger partial charge is 0.433 e. The second kappa shape index (κ2) is 6.25. The van der Waals surface area contributed by atoms with Crippen molar-refractivity contribution in [1.82, 2.24) is 14.9 Å². The van der Waals surface area contributed by atoms with Crippen molar-refractivity contribution in [1.29, 1.82) is 0 Å². The third-order valence-electron chi connectivity index (χ3n) is 5.12. The van der Waals surface area contributed by atoms with Crippen LogP contribution in [0.3, 0.4) is 0 Å². The standard InChI is InChI=1S/C19H20F3N3O/c1-11-4-5-14-12(7-11)13-8-18(19(20,21)22)24-9-16(13)25(14)15-3-2-6-23-10-17(15)26/h4-5,7-9,15,17,23,26H,2-3,6,10H2,1H3/t15-,17-/m0/s1. The normalized spacial score (nSPS) is 22.0. The zero-order valence-corrected chi connectivity index (χ0v) is 14.3. The van der Waals surface area contributed by atoms with E-state index >= 15 is 0 Å². The first-order valence-electron chi connectivity index (χ1n) is 8.72.